The van der Waals surface area contributed by atoms with Gasteiger partial charge in [-0.15, -0.1) is 10.2 Å². The molecular formula is C23H30N8O5. The van der Waals surface area contributed by atoms with Crippen LogP contribution in [0.15, 0.2) is 18.2 Å². The molecule has 3 amide bonds. The molecule has 0 saturated carbocycles. The first kappa shape index (κ1) is 25.1. The molecule has 192 valence electrons. The van der Waals surface area contributed by atoms with Gasteiger partial charge in [0.25, 0.3) is 0 Å². The Morgan fingerprint density at radius 3 is 2.58 bits per heavy atom. The Balaban J connectivity index is 1.32. The number of aromatic amines is 1. The van der Waals surface area contributed by atoms with Crippen molar-refractivity contribution in [3.8, 4) is 0 Å². The fraction of sp³-hybridized carbons (Fsp3) is 0.522. The third kappa shape index (κ3) is 5.29. The van der Waals surface area contributed by atoms with Crippen LogP contribution in [0, 0.1) is 5.41 Å². The van der Waals surface area contributed by atoms with Crippen molar-refractivity contribution in [2.45, 2.75) is 64.7 Å². The molecule has 5 N–H and O–H groups in total. The molecule has 13 nitrogen and oxygen atoms in total. The summed E-state index contributed by atoms with van der Waals surface area (Å²) in [5, 5.41) is 31.5. The molecule has 36 heavy (non-hydrogen) atoms. The summed E-state index contributed by atoms with van der Waals surface area (Å²) in [4.78, 5) is 51.1. The number of carbonyl (C=O) groups is 4. The van der Waals surface area contributed by atoms with Gasteiger partial charge >= 0.3 is 6.09 Å². The van der Waals surface area contributed by atoms with Crippen LogP contribution in [0.2, 0.25) is 0 Å². The highest BCUT2D eigenvalue weighted by Gasteiger charge is 2.45. The molecule has 1 aromatic carbocycles. The third-order valence-electron chi connectivity index (χ3n) is 6.64. The summed E-state index contributed by atoms with van der Waals surface area (Å²) in [5.74, 6) is -0.641. The average Bonchev–Trinajstić information content (AvgIpc) is 3.58. The van der Waals surface area contributed by atoms with Gasteiger partial charge in [0, 0.05) is 23.7 Å². The van der Waals surface area contributed by atoms with Crippen molar-refractivity contribution in [1.29, 1.82) is 0 Å². The van der Waals surface area contributed by atoms with Crippen LogP contribution in [0.1, 0.15) is 55.4 Å². The Labute approximate surface area is 207 Å². The van der Waals surface area contributed by atoms with Gasteiger partial charge in [-0.3, -0.25) is 19.3 Å². The van der Waals surface area contributed by atoms with Gasteiger partial charge in [-0.2, -0.15) is 5.21 Å². The van der Waals surface area contributed by atoms with Crippen molar-refractivity contribution in [1.82, 2.24) is 36.2 Å². The third-order valence-corrected chi connectivity index (χ3v) is 6.64. The Morgan fingerprint density at radius 2 is 1.92 bits per heavy atom. The summed E-state index contributed by atoms with van der Waals surface area (Å²) in [6.07, 6.45) is 0.254. The highest BCUT2D eigenvalue weighted by molar-refractivity contribution is 6.01. The second-order valence-electron chi connectivity index (χ2n) is 10.1. The van der Waals surface area contributed by atoms with E-state index in [1.807, 2.05) is 20.8 Å². The van der Waals surface area contributed by atoms with Crippen LogP contribution in [0.4, 0.5) is 10.5 Å². The lowest BCUT2D eigenvalue weighted by Gasteiger charge is -2.35. The predicted molar refractivity (Wildman–Crippen MR) is 127 cm³/mol. The Kier molecular flexibility index (Phi) is 6.91. The number of likely N-dealkylation sites (tertiary alicyclic amines) is 1. The van der Waals surface area contributed by atoms with Crippen LogP contribution in [-0.2, 0) is 22.6 Å². The van der Waals surface area contributed by atoms with Crippen molar-refractivity contribution >= 4 is 29.4 Å². The van der Waals surface area contributed by atoms with Crippen LogP contribution in [-0.4, -0.2) is 79.0 Å². The van der Waals surface area contributed by atoms with Crippen molar-refractivity contribution < 1.29 is 24.3 Å². The molecule has 0 bridgehead atoms. The van der Waals surface area contributed by atoms with Crippen LogP contribution >= 0.6 is 0 Å². The van der Waals surface area contributed by atoms with Crippen molar-refractivity contribution in [2.24, 2.45) is 5.41 Å². The standard InChI is InChI=1S/C23H30N8O5/c1-23(2,3)18-7-6-16(31(18)22(35)36)21(34)24-10-17(32)12-4-5-14-13(8-12)9-15(26-14)20(33)25-11-19-27-29-30-28-19/h4-5,8,15-16,18,26H,6-7,9-11H2,1-3H3,(H,24,34)(H,25,33)(H,35,36)(H,27,28,29,30). The van der Waals surface area contributed by atoms with Gasteiger partial charge in [0.2, 0.25) is 11.8 Å². The summed E-state index contributed by atoms with van der Waals surface area (Å²) < 4.78 is 0. The molecule has 3 atom stereocenters. The van der Waals surface area contributed by atoms with Crippen molar-refractivity contribution in [2.75, 3.05) is 11.9 Å². The number of benzene rings is 1. The van der Waals surface area contributed by atoms with Crippen LogP contribution < -0.4 is 16.0 Å². The first-order valence-corrected chi connectivity index (χ1v) is 11.8. The number of tetrazole rings is 1. The summed E-state index contributed by atoms with van der Waals surface area (Å²) in [7, 11) is 0. The first-order valence-electron chi connectivity index (χ1n) is 11.8. The highest BCUT2D eigenvalue weighted by Crippen LogP contribution is 2.36. The lowest BCUT2D eigenvalue weighted by Crippen LogP contribution is -2.52. The molecule has 4 rings (SSSR count). The number of nitrogens with zero attached hydrogens (tertiary/aromatic N) is 4. The monoisotopic (exact) mass is 498 g/mol. The molecular weight excluding hydrogens is 468 g/mol. The number of H-pyrrole nitrogens is 1. The Morgan fingerprint density at radius 1 is 1.14 bits per heavy atom. The van der Waals surface area contributed by atoms with E-state index >= 15 is 0 Å². The van der Waals surface area contributed by atoms with Crippen LogP contribution in [0.5, 0.6) is 0 Å². The molecule has 3 unspecified atom stereocenters. The summed E-state index contributed by atoms with van der Waals surface area (Å²) in [5.41, 5.74) is 1.67. The van der Waals surface area contributed by atoms with Gasteiger partial charge in [0.1, 0.15) is 12.1 Å². The molecule has 0 spiro atoms. The molecule has 3 heterocycles. The maximum absolute atomic E-state index is 12.8. The maximum atomic E-state index is 12.8. The van der Waals surface area contributed by atoms with E-state index in [1.54, 1.807) is 18.2 Å². The molecule has 2 aliphatic heterocycles. The summed E-state index contributed by atoms with van der Waals surface area (Å²) in [6.45, 7) is 5.74. The van der Waals surface area contributed by atoms with E-state index in [0.29, 0.717) is 30.7 Å². The number of hydrogen-bond donors (Lipinski definition) is 5. The number of carbonyl (C=O) groups excluding carboxylic acids is 3. The van der Waals surface area contributed by atoms with E-state index < -0.39 is 24.1 Å². The number of ketones is 1. The number of amides is 3. The highest BCUT2D eigenvalue weighted by atomic mass is 16.4. The van der Waals surface area contributed by atoms with E-state index in [9.17, 15) is 24.3 Å². The normalized spacial score (nSPS) is 21.0. The fourth-order valence-corrected chi connectivity index (χ4v) is 4.81. The minimum Gasteiger partial charge on any atom is -0.465 e. The quantitative estimate of drug-likeness (QED) is 0.343. The van der Waals surface area contributed by atoms with E-state index in [1.165, 1.54) is 4.90 Å². The number of fused-ring (bicyclic) bond motifs is 1. The van der Waals surface area contributed by atoms with Crippen LogP contribution in [0.25, 0.3) is 0 Å². The lowest BCUT2D eigenvalue weighted by molar-refractivity contribution is -0.125. The second-order valence-corrected chi connectivity index (χ2v) is 10.1. The van der Waals surface area contributed by atoms with Gasteiger partial charge in [-0.1, -0.05) is 26.0 Å². The maximum Gasteiger partial charge on any atom is 0.408 e. The van der Waals surface area contributed by atoms with Gasteiger partial charge in [0.15, 0.2) is 11.6 Å². The zero-order valence-electron chi connectivity index (χ0n) is 20.4. The van der Waals surface area contributed by atoms with E-state index in [2.05, 4.69) is 36.6 Å². The van der Waals surface area contributed by atoms with Gasteiger partial charge in [0.05, 0.1) is 13.1 Å². The molecule has 0 radical (unpaired) electrons. The largest absolute Gasteiger partial charge is 0.465 e. The molecule has 1 saturated heterocycles. The first-order chi connectivity index (χ1) is 17.0. The molecule has 2 aliphatic rings. The van der Waals surface area contributed by atoms with Crippen molar-refractivity contribution in [3.05, 3.63) is 35.2 Å². The Bertz CT molecular complexity index is 1160. The summed E-state index contributed by atoms with van der Waals surface area (Å²) in [6, 6.07) is 3.47. The zero-order chi connectivity index (χ0) is 26.0. The predicted octanol–water partition coefficient (Wildman–Crippen LogP) is 0.709. The number of Topliss-reactive ketones (excluding diaryl/α,β-unsaturated/α-hetero) is 1. The van der Waals surface area contributed by atoms with Crippen LogP contribution in [0.3, 0.4) is 0 Å². The lowest BCUT2D eigenvalue weighted by atomic mass is 9.85. The topological polar surface area (TPSA) is 182 Å². The number of carboxylic acid groups (broad SMARTS) is 1. The smallest absolute Gasteiger partial charge is 0.408 e. The van der Waals surface area contributed by atoms with E-state index in [0.717, 1.165) is 11.3 Å². The SMILES string of the molecule is CC(C)(C)C1CCC(C(=O)NCC(=O)c2ccc3c(c2)CC(C(=O)NCc2nn[nH]n2)N3)N1C(=O)O. The Hall–Kier alpha value is -4.03. The fourth-order valence-electron chi connectivity index (χ4n) is 4.81. The van der Waals surface area contributed by atoms with Crippen molar-refractivity contribution in [3.63, 3.8) is 0 Å². The molecule has 2 aromatic rings. The minimum atomic E-state index is -1.14. The number of aromatic nitrogens is 4. The number of rotatable bonds is 7. The number of anilines is 1. The average molecular weight is 499 g/mol. The van der Waals surface area contributed by atoms with E-state index in [4.69, 9.17) is 0 Å². The zero-order valence-corrected chi connectivity index (χ0v) is 20.4. The number of nitrogens with one attached hydrogen (secondary N) is 4. The molecule has 0 aliphatic carbocycles. The minimum absolute atomic E-state index is 0.143. The van der Waals surface area contributed by atoms with Gasteiger partial charge in [-0.25, -0.2) is 4.79 Å². The molecule has 1 fully saturated rings. The molecule has 13 heteroatoms. The van der Waals surface area contributed by atoms with E-state index in [-0.39, 0.29) is 36.2 Å². The molecule has 1 aromatic heterocycles. The number of hydrogen-bond acceptors (Lipinski definition) is 8. The second kappa shape index (κ2) is 9.91. The van der Waals surface area contributed by atoms with Gasteiger partial charge in [-0.05, 0) is 42.0 Å². The van der Waals surface area contributed by atoms with Gasteiger partial charge < -0.3 is 21.1 Å². The summed E-state index contributed by atoms with van der Waals surface area (Å²) >= 11 is 0.